The maximum Gasteiger partial charge on any atom is 0.318 e. The van der Waals surface area contributed by atoms with Crippen molar-refractivity contribution < 1.29 is 18.4 Å². The zero-order valence-corrected chi connectivity index (χ0v) is 19.1. The Kier molecular flexibility index (Phi) is 5.61. The van der Waals surface area contributed by atoms with Crippen molar-refractivity contribution in [1.82, 2.24) is 20.0 Å². The molecule has 7 nitrogen and oxygen atoms in total. The zero-order valence-electron chi connectivity index (χ0n) is 17.6. The first kappa shape index (κ1) is 22.8. The minimum atomic E-state index is -2.67. The standard InChI is InChI=1S/C21H23Cl2F2N5O2/c1-20(2,12-8-21(24,25)9-12)27-19(32)29-5-6-30-15(10-29)16(18(26)31)17(28-30)11-3-4-13(22)14(23)7-11/h3-4,7,12H,5-6,8-10H2,1-2H3,(H2,26,31)(H,27,32). The molecule has 0 spiro atoms. The monoisotopic (exact) mass is 485 g/mol. The number of nitrogens with zero attached hydrogens (tertiary/aromatic N) is 3. The first-order chi connectivity index (χ1) is 14.9. The molecular weight excluding hydrogens is 463 g/mol. The van der Waals surface area contributed by atoms with Crippen LogP contribution in [0.2, 0.25) is 10.0 Å². The molecule has 1 aromatic carbocycles. The highest BCUT2D eigenvalue weighted by Crippen LogP contribution is 2.47. The Labute approximate surface area is 193 Å². The van der Waals surface area contributed by atoms with Gasteiger partial charge in [-0.25, -0.2) is 13.6 Å². The number of nitrogens with one attached hydrogen (secondary N) is 1. The molecule has 1 aliphatic carbocycles. The van der Waals surface area contributed by atoms with Crippen molar-refractivity contribution in [3.8, 4) is 11.3 Å². The van der Waals surface area contributed by atoms with Gasteiger partial charge >= 0.3 is 6.03 Å². The number of hydrogen-bond donors (Lipinski definition) is 2. The molecule has 2 heterocycles. The summed E-state index contributed by atoms with van der Waals surface area (Å²) in [5.41, 5.74) is 6.54. The largest absolute Gasteiger partial charge is 0.365 e. The second-order valence-corrected chi connectivity index (χ2v) is 9.74. The summed E-state index contributed by atoms with van der Waals surface area (Å²) in [5, 5.41) is 8.08. The number of hydrogen-bond acceptors (Lipinski definition) is 3. The molecule has 3 N–H and O–H groups in total. The lowest BCUT2D eigenvalue weighted by Crippen LogP contribution is -2.59. The number of nitrogens with two attached hydrogens (primary N) is 1. The van der Waals surface area contributed by atoms with E-state index in [2.05, 4.69) is 10.4 Å². The van der Waals surface area contributed by atoms with Gasteiger partial charge in [-0.05, 0) is 31.9 Å². The van der Waals surface area contributed by atoms with Crippen molar-refractivity contribution in [2.45, 2.75) is 51.2 Å². The Morgan fingerprint density at radius 2 is 1.91 bits per heavy atom. The predicted molar refractivity (Wildman–Crippen MR) is 117 cm³/mol. The number of carbonyl (C=O) groups excluding carboxylic acids is 2. The number of rotatable bonds is 4. The maximum atomic E-state index is 13.3. The van der Waals surface area contributed by atoms with Crippen LogP contribution in [0.5, 0.6) is 0 Å². The molecule has 1 aromatic heterocycles. The molecule has 0 atom stereocenters. The summed E-state index contributed by atoms with van der Waals surface area (Å²) in [5.74, 6) is -3.65. The molecule has 3 amide bonds. The van der Waals surface area contributed by atoms with E-state index in [0.717, 1.165) is 0 Å². The third-order valence-electron chi connectivity index (χ3n) is 6.25. The number of fused-ring (bicyclic) bond motifs is 1. The van der Waals surface area contributed by atoms with E-state index in [1.807, 2.05) is 0 Å². The normalized spacial score (nSPS) is 18.1. The maximum absolute atomic E-state index is 13.3. The molecule has 32 heavy (non-hydrogen) atoms. The third kappa shape index (κ3) is 4.15. The summed E-state index contributed by atoms with van der Waals surface area (Å²) in [6.45, 7) is 4.30. The van der Waals surface area contributed by atoms with E-state index in [9.17, 15) is 18.4 Å². The van der Waals surface area contributed by atoms with Crippen LogP contribution in [0.15, 0.2) is 18.2 Å². The van der Waals surface area contributed by atoms with Crippen molar-refractivity contribution in [3.63, 3.8) is 0 Å². The molecule has 0 unspecified atom stereocenters. The molecule has 0 saturated heterocycles. The fourth-order valence-corrected chi connectivity index (χ4v) is 4.52. The smallest absolute Gasteiger partial charge is 0.318 e. The summed E-state index contributed by atoms with van der Waals surface area (Å²) >= 11 is 12.1. The van der Waals surface area contributed by atoms with Gasteiger partial charge < -0.3 is 16.0 Å². The Morgan fingerprint density at radius 1 is 1.22 bits per heavy atom. The summed E-state index contributed by atoms with van der Waals surface area (Å²) < 4.78 is 28.2. The first-order valence-electron chi connectivity index (χ1n) is 10.2. The Hall–Kier alpha value is -2.39. The SMILES string of the molecule is CC(C)(NC(=O)N1CCn2nc(-c3ccc(Cl)c(Cl)c3)c(C(N)=O)c2C1)C1CC(F)(F)C1. The van der Waals surface area contributed by atoms with Crippen molar-refractivity contribution in [3.05, 3.63) is 39.5 Å². The van der Waals surface area contributed by atoms with E-state index in [1.165, 1.54) is 4.90 Å². The van der Waals surface area contributed by atoms with Crippen LogP contribution in [0.3, 0.4) is 0 Å². The molecule has 4 rings (SSSR count). The van der Waals surface area contributed by atoms with Crippen LogP contribution < -0.4 is 11.1 Å². The van der Waals surface area contributed by atoms with Gasteiger partial charge in [0.15, 0.2) is 0 Å². The molecule has 2 aliphatic rings. The van der Waals surface area contributed by atoms with Gasteiger partial charge in [0.25, 0.3) is 5.91 Å². The van der Waals surface area contributed by atoms with Crippen molar-refractivity contribution in [2.24, 2.45) is 11.7 Å². The van der Waals surface area contributed by atoms with E-state index in [1.54, 1.807) is 36.7 Å². The Bertz CT molecular complexity index is 1090. The molecular formula is C21H23Cl2F2N5O2. The quantitative estimate of drug-likeness (QED) is 0.675. The highest BCUT2D eigenvalue weighted by molar-refractivity contribution is 6.42. The second kappa shape index (κ2) is 7.88. The molecule has 1 aliphatic heterocycles. The number of primary amides is 1. The number of aromatic nitrogens is 2. The van der Waals surface area contributed by atoms with Crippen LogP contribution in [-0.4, -0.2) is 44.6 Å². The van der Waals surface area contributed by atoms with Crippen molar-refractivity contribution >= 4 is 35.1 Å². The lowest BCUT2D eigenvalue weighted by molar-refractivity contribution is -0.129. The number of halogens is 4. The van der Waals surface area contributed by atoms with Gasteiger partial charge in [-0.1, -0.05) is 29.3 Å². The molecule has 11 heteroatoms. The van der Waals surface area contributed by atoms with E-state index in [-0.39, 0.29) is 36.9 Å². The van der Waals surface area contributed by atoms with Gasteiger partial charge in [-0.2, -0.15) is 5.10 Å². The number of urea groups is 1. The van der Waals surface area contributed by atoms with Gasteiger partial charge in [0.1, 0.15) is 5.69 Å². The predicted octanol–water partition coefficient (Wildman–Crippen LogP) is 4.30. The van der Waals surface area contributed by atoms with Crippen LogP contribution in [0.4, 0.5) is 13.6 Å². The second-order valence-electron chi connectivity index (χ2n) is 8.92. The average Bonchev–Trinajstić information content (AvgIpc) is 3.06. The van der Waals surface area contributed by atoms with Gasteiger partial charge in [-0.15, -0.1) is 0 Å². The minimum absolute atomic E-state index is 0.106. The van der Waals surface area contributed by atoms with E-state index in [4.69, 9.17) is 28.9 Å². The third-order valence-corrected chi connectivity index (χ3v) is 6.99. The Morgan fingerprint density at radius 3 is 2.50 bits per heavy atom. The van der Waals surface area contributed by atoms with Crippen molar-refractivity contribution in [1.29, 1.82) is 0 Å². The highest BCUT2D eigenvalue weighted by Gasteiger charge is 2.52. The summed E-state index contributed by atoms with van der Waals surface area (Å²) in [6, 6.07) is 4.51. The van der Waals surface area contributed by atoms with Crippen LogP contribution in [0.1, 0.15) is 42.7 Å². The zero-order chi connectivity index (χ0) is 23.4. The molecule has 0 radical (unpaired) electrons. The molecule has 1 saturated carbocycles. The van der Waals surface area contributed by atoms with Crippen LogP contribution in [0, 0.1) is 5.92 Å². The number of carbonyl (C=O) groups is 2. The topological polar surface area (TPSA) is 93.2 Å². The number of amides is 3. The highest BCUT2D eigenvalue weighted by atomic mass is 35.5. The van der Waals surface area contributed by atoms with E-state index < -0.39 is 17.4 Å². The molecule has 172 valence electrons. The number of benzene rings is 1. The lowest BCUT2D eigenvalue weighted by atomic mass is 9.70. The molecule has 2 aromatic rings. The summed E-state index contributed by atoms with van der Waals surface area (Å²) in [6.07, 6.45) is -0.488. The van der Waals surface area contributed by atoms with Gasteiger partial charge in [-0.3, -0.25) is 9.48 Å². The fraction of sp³-hybridized carbons (Fsp3) is 0.476. The summed E-state index contributed by atoms with van der Waals surface area (Å²) in [7, 11) is 0. The van der Waals surface area contributed by atoms with Crippen LogP contribution >= 0.6 is 23.2 Å². The van der Waals surface area contributed by atoms with Crippen molar-refractivity contribution in [2.75, 3.05) is 6.54 Å². The fourth-order valence-electron chi connectivity index (χ4n) is 4.22. The average molecular weight is 486 g/mol. The Balaban J connectivity index is 1.57. The number of alkyl halides is 2. The molecule has 0 bridgehead atoms. The van der Waals surface area contributed by atoms with Gasteiger partial charge in [0, 0.05) is 30.5 Å². The first-order valence-corrected chi connectivity index (χ1v) is 10.9. The van der Waals surface area contributed by atoms with Crippen LogP contribution in [-0.2, 0) is 13.1 Å². The lowest BCUT2D eigenvalue weighted by Gasteiger charge is -2.46. The van der Waals surface area contributed by atoms with Gasteiger partial charge in [0.2, 0.25) is 5.92 Å². The van der Waals surface area contributed by atoms with E-state index >= 15 is 0 Å². The van der Waals surface area contributed by atoms with Gasteiger partial charge in [0.05, 0.1) is 34.4 Å². The minimum Gasteiger partial charge on any atom is -0.365 e. The van der Waals surface area contributed by atoms with Crippen LogP contribution in [0.25, 0.3) is 11.3 Å². The van der Waals surface area contributed by atoms with E-state index in [0.29, 0.717) is 40.1 Å². The molecule has 1 fully saturated rings. The summed E-state index contributed by atoms with van der Waals surface area (Å²) in [4.78, 5) is 26.7.